The van der Waals surface area contributed by atoms with Gasteiger partial charge in [-0.1, -0.05) is 44.2 Å². The quantitative estimate of drug-likeness (QED) is 0.654. The highest BCUT2D eigenvalue weighted by molar-refractivity contribution is 5.76. The molecule has 0 N–H and O–H groups in total. The minimum absolute atomic E-state index is 0.354. The molecule has 0 bridgehead atoms. The van der Waals surface area contributed by atoms with Gasteiger partial charge in [0.25, 0.3) is 0 Å². The summed E-state index contributed by atoms with van der Waals surface area (Å²) in [5, 5.41) is 0. The fourth-order valence-electron chi connectivity index (χ4n) is 3.34. The van der Waals surface area contributed by atoms with E-state index < -0.39 is 0 Å². The molecule has 0 fully saturated rings. The lowest BCUT2D eigenvalue weighted by Crippen LogP contribution is -2.32. The Labute approximate surface area is 110 Å². The molecular formula is C17H22O. The molecule has 0 amide bonds. The molecule has 2 aliphatic rings. The van der Waals surface area contributed by atoms with Crippen LogP contribution in [0.3, 0.4) is 0 Å². The van der Waals surface area contributed by atoms with Gasteiger partial charge in [-0.25, -0.2) is 0 Å². The largest absolute Gasteiger partial charge is 0.374 e. The molecule has 1 heteroatoms. The summed E-state index contributed by atoms with van der Waals surface area (Å²) in [6, 6.07) is 8.72. The topological polar surface area (TPSA) is 9.23 Å². The lowest BCUT2D eigenvalue weighted by molar-refractivity contribution is 0.0433. The van der Waals surface area contributed by atoms with Crippen LogP contribution in [0.4, 0.5) is 0 Å². The van der Waals surface area contributed by atoms with Crippen molar-refractivity contribution in [2.75, 3.05) is 0 Å². The zero-order valence-corrected chi connectivity index (χ0v) is 11.6. The average molecular weight is 242 g/mol. The first kappa shape index (κ1) is 12.0. The summed E-state index contributed by atoms with van der Waals surface area (Å²) >= 11 is 0. The molecule has 3 rings (SSSR count). The fourth-order valence-corrected chi connectivity index (χ4v) is 3.34. The molecule has 18 heavy (non-hydrogen) atoms. The molecule has 1 aromatic carbocycles. The van der Waals surface area contributed by atoms with Crippen molar-refractivity contribution >= 4 is 5.57 Å². The highest BCUT2D eigenvalue weighted by Gasteiger charge is 2.40. The minimum atomic E-state index is 0.354. The van der Waals surface area contributed by atoms with Crippen molar-refractivity contribution < 1.29 is 4.74 Å². The van der Waals surface area contributed by atoms with Crippen molar-refractivity contribution in [1.82, 2.24) is 0 Å². The molecule has 0 radical (unpaired) electrons. The van der Waals surface area contributed by atoms with Crippen molar-refractivity contribution in [3.05, 3.63) is 41.5 Å². The van der Waals surface area contributed by atoms with Crippen LogP contribution in [-0.4, -0.2) is 6.10 Å². The number of fused-ring (bicyclic) bond motifs is 3. The molecular weight excluding hydrogens is 220 g/mol. The lowest BCUT2D eigenvalue weighted by Gasteiger charge is -2.44. The van der Waals surface area contributed by atoms with Gasteiger partial charge in [0.05, 0.1) is 12.7 Å². The van der Waals surface area contributed by atoms with Crippen LogP contribution in [0.25, 0.3) is 5.57 Å². The number of hydrogen-bond donors (Lipinski definition) is 0. The summed E-state index contributed by atoms with van der Waals surface area (Å²) in [5.41, 5.74) is 4.66. The lowest BCUT2D eigenvalue weighted by atomic mass is 9.60. The molecule has 1 aliphatic heterocycles. The van der Waals surface area contributed by atoms with E-state index in [4.69, 9.17) is 4.74 Å². The Balaban J connectivity index is 2.04. The van der Waals surface area contributed by atoms with E-state index in [1.54, 1.807) is 5.57 Å². The van der Waals surface area contributed by atoms with E-state index in [0.717, 1.165) is 6.61 Å². The molecule has 1 aliphatic carbocycles. The van der Waals surface area contributed by atoms with Gasteiger partial charge >= 0.3 is 0 Å². The Morgan fingerprint density at radius 2 is 1.94 bits per heavy atom. The van der Waals surface area contributed by atoms with Crippen LogP contribution in [0.2, 0.25) is 0 Å². The summed E-state index contributed by atoms with van der Waals surface area (Å²) in [5.74, 6) is 0.697. The first-order chi connectivity index (χ1) is 8.58. The van der Waals surface area contributed by atoms with E-state index in [9.17, 15) is 0 Å². The van der Waals surface area contributed by atoms with Gasteiger partial charge in [0.1, 0.15) is 0 Å². The van der Waals surface area contributed by atoms with Gasteiger partial charge in [-0.2, -0.15) is 0 Å². The second-order valence-corrected chi connectivity index (χ2v) is 6.33. The van der Waals surface area contributed by atoms with Crippen molar-refractivity contribution in [3.63, 3.8) is 0 Å². The molecule has 0 unspecified atom stereocenters. The van der Waals surface area contributed by atoms with E-state index in [1.807, 2.05) is 0 Å². The van der Waals surface area contributed by atoms with Gasteiger partial charge in [0.15, 0.2) is 0 Å². The van der Waals surface area contributed by atoms with Gasteiger partial charge in [0.2, 0.25) is 0 Å². The SMILES string of the molecule is C[C@@H]1CC[C@@H]2C(=CC2(C)C)c2ccccc2CO1. The van der Waals surface area contributed by atoms with Gasteiger partial charge in [-0.15, -0.1) is 0 Å². The van der Waals surface area contributed by atoms with Crippen LogP contribution in [0, 0.1) is 11.3 Å². The van der Waals surface area contributed by atoms with Crippen molar-refractivity contribution in [3.8, 4) is 0 Å². The molecule has 1 nitrogen and oxygen atoms in total. The van der Waals surface area contributed by atoms with Gasteiger partial charge in [0, 0.05) is 0 Å². The van der Waals surface area contributed by atoms with Crippen LogP contribution in [0.1, 0.15) is 44.7 Å². The van der Waals surface area contributed by atoms with E-state index in [1.165, 1.54) is 24.0 Å². The maximum absolute atomic E-state index is 5.95. The molecule has 0 aromatic heterocycles. The summed E-state index contributed by atoms with van der Waals surface area (Å²) < 4.78 is 5.95. The van der Waals surface area contributed by atoms with Crippen LogP contribution in [-0.2, 0) is 11.3 Å². The number of benzene rings is 1. The first-order valence-electron chi connectivity index (χ1n) is 7.00. The second kappa shape index (κ2) is 4.24. The Kier molecular flexibility index (Phi) is 2.82. The van der Waals surface area contributed by atoms with Crippen molar-refractivity contribution in [2.24, 2.45) is 11.3 Å². The highest BCUT2D eigenvalue weighted by Crippen LogP contribution is 2.52. The molecule has 2 atom stereocenters. The number of hydrogen-bond acceptors (Lipinski definition) is 1. The smallest absolute Gasteiger partial charge is 0.0726 e. The monoisotopic (exact) mass is 242 g/mol. The maximum atomic E-state index is 5.95. The number of allylic oxidation sites excluding steroid dienone is 2. The first-order valence-corrected chi connectivity index (χ1v) is 7.00. The van der Waals surface area contributed by atoms with Gasteiger partial charge < -0.3 is 4.74 Å². The molecule has 1 heterocycles. The second-order valence-electron chi connectivity index (χ2n) is 6.33. The average Bonchev–Trinajstić information content (AvgIpc) is 2.39. The third-order valence-electron chi connectivity index (χ3n) is 4.51. The van der Waals surface area contributed by atoms with E-state index in [-0.39, 0.29) is 0 Å². The Morgan fingerprint density at radius 3 is 2.72 bits per heavy atom. The summed E-state index contributed by atoms with van der Waals surface area (Å²) in [6.07, 6.45) is 5.23. The third-order valence-corrected chi connectivity index (χ3v) is 4.51. The molecule has 0 saturated carbocycles. The van der Waals surface area contributed by atoms with Gasteiger partial charge in [-0.05, 0) is 47.8 Å². The van der Waals surface area contributed by atoms with Crippen LogP contribution in [0.15, 0.2) is 30.3 Å². The third kappa shape index (κ3) is 1.91. The number of ether oxygens (including phenoxy) is 1. The van der Waals surface area contributed by atoms with Crippen molar-refractivity contribution in [2.45, 2.75) is 46.3 Å². The zero-order valence-electron chi connectivity index (χ0n) is 11.6. The van der Waals surface area contributed by atoms with E-state index >= 15 is 0 Å². The Bertz CT molecular complexity index is 484. The summed E-state index contributed by atoms with van der Waals surface area (Å²) in [6.45, 7) is 7.66. The van der Waals surface area contributed by atoms with E-state index in [0.29, 0.717) is 17.4 Å². The maximum Gasteiger partial charge on any atom is 0.0726 e. The Hall–Kier alpha value is -1.08. The summed E-state index contributed by atoms with van der Waals surface area (Å²) in [7, 11) is 0. The highest BCUT2D eigenvalue weighted by atomic mass is 16.5. The molecule has 96 valence electrons. The van der Waals surface area contributed by atoms with Gasteiger partial charge in [-0.3, -0.25) is 0 Å². The molecule has 0 spiro atoms. The van der Waals surface area contributed by atoms with Crippen molar-refractivity contribution in [1.29, 1.82) is 0 Å². The standard InChI is InChI=1S/C17H22O/c1-12-8-9-16-15(10-17(16,2)3)14-7-5-4-6-13(14)11-18-12/h4-7,10,12,16H,8-9,11H2,1-3H3/t12-,16-/m1/s1. The molecule has 0 saturated heterocycles. The van der Waals surface area contributed by atoms with Crippen LogP contribution < -0.4 is 0 Å². The van der Waals surface area contributed by atoms with Crippen LogP contribution in [0.5, 0.6) is 0 Å². The number of rotatable bonds is 0. The van der Waals surface area contributed by atoms with Crippen LogP contribution >= 0.6 is 0 Å². The predicted molar refractivity (Wildman–Crippen MR) is 75.2 cm³/mol. The predicted octanol–water partition coefficient (Wildman–Crippen LogP) is 4.42. The summed E-state index contributed by atoms with van der Waals surface area (Å²) in [4.78, 5) is 0. The Morgan fingerprint density at radius 1 is 1.17 bits per heavy atom. The zero-order chi connectivity index (χ0) is 12.8. The fraction of sp³-hybridized carbons (Fsp3) is 0.529. The normalized spacial score (nSPS) is 29.8. The van der Waals surface area contributed by atoms with E-state index in [2.05, 4.69) is 51.1 Å². The molecule has 1 aromatic rings. The minimum Gasteiger partial charge on any atom is -0.374 e.